The van der Waals surface area contributed by atoms with Crippen molar-refractivity contribution in [2.24, 2.45) is 0 Å². The highest BCUT2D eigenvalue weighted by molar-refractivity contribution is 5.73. The summed E-state index contributed by atoms with van der Waals surface area (Å²) < 4.78 is 5.78. The summed E-state index contributed by atoms with van der Waals surface area (Å²) in [5, 5.41) is 12.2. The lowest BCUT2D eigenvalue weighted by molar-refractivity contribution is -0.144. The van der Waals surface area contributed by atoms with Crippen molar-refractivity contribution in [1.82, 2.24) is 14.8 Å². The van der Waals surface area contributed by atoms with Gasteiger partial charge in [0.15, 0.2) is 0 Å². The van der Waals surface area contributed by atoms with Crippen molar-refractivity contribution in [2.45, 2.75) is 13.0 Å². The van der Waals surface area contributed by atoms with Crippen LogP contribution in [0.3, 0.4) is 0 Å². The average molecular weight is 180 g/mol. The van der Waals surface area contributed by atoms with Gasteiger partial charge in [-0.25, -0.2) is 14.5 Å². The maximum absolute atomic E-state index is 11.0. The molecule has 0 aliphatic heterocycles. The minimum Gasteiger partial charge on any atom is -0.467 e. The Morgan fingerprint density at radius 3 is 3.00 bits per heavy atom. The number of carbonyl (C=O) groups is 1. The molecule has 13 heavy (non-hydrogen) atoms. The summed E-state index contributed by atoms with van der Waals surface area (Å²) in [6, 6.07) is 1.21. The van der Waals surface area contributed by atoms with Crippen LogP contribution >= 0.6 is 0 Å². The SMILES string of the molecule is COC(=O)C(C)n1cnc(C#N)n1. The Balaban J connectivity index is 2.84. The molecule has 1 heterocycles. The lowest BCUT2D eigenvalue weighted by Crippen LogP contribution is -2.18. The summed E-state index contributed by atoms with van der Waals surface area (Å²) in [5.41, 5.74) is 0. The summed E-state index contributed by atoms with van der Waals surface area (Å²) in [6.07, 6.45) is 1.32. The van der Waals surface area contributed by atoms with E-state index in [4.69, 9.17) is 5.26 Å². The summed E-state index contributed by atoms with van der Waals surface area (Å²) in [4.78, 5) is 14.7. The second-order valence-electron chi connectivity index (χ2n) is 2.36. The molecule has 0 N–H and O–H groups in total. The van der Waals surface area contributed by atoms with Crippen molar-refractivity contribution in [3.05, 3.63) is 12.2 Å². The molecule has 6 nitrogen and oxygen atoms in total. The van der Waals surface area contributed by atoms with Gasteiger partial charge in [-0.05, 0) is 6.92 Å². The first-order valence-electron chi connectivity index (χ1n) is 3.58. The molecule has 0 fully saturated rings. The lowest BCUT2D eigenvalue weighted by Gasteiger charge is -2.07. The number of methoxy groups -OCH3 is 1. The number of hydrogen-bond donors (Lipinski definition) is 0. The Morgan fingerprint density at radius 1 is 1.85 bits per heavy atom. The van der Waals surface area contributed by atoms with Crippen molar-refractivity contribution >= 4 is 5.97 Å². The van der Waals surface area contributed by atoms with Gasteiger partial charge < -0.3 is 4.74 Å². The summed E-state index contributed by atoms with van der Waals surface area (Å²) in [6.45, 7) is 1.61. The molecule has 1 aromatic rings. The van der Waals surface area contributed by atoms with Gasteiger partial charge in [0.05, 0.1) is 7.11 Å². The van der Waals surface area contributed by atoms with E-state index in [1.807, 2.05) is 0 Å². The fourth-order valence-corrected chi connectivity index (χ4v) is 0.791. The minimum absolute atomic E-state index is 0.0377. The fourth-order valence-electron chi connectivity index (χ4n) is 0.791. The van der Waals surface area contributed by atoms with Crippen molar-refractivity contribution < 1.29 is 9.53 Å². The van der Waals surface area contributed by atoms with Crippen LogP contribution in [0.15, 0.2) is 6.33 Å². The fraction of sp³-hybridized carbons (Fsp3) is 0.429. The molecule has 1 atom stereocenters. The number of carbonyl (C=O) groups excluding carboxylic acids is 1. The Morgan fingerprint density at radius 2 is 2.54 bits per heavy atom. The third-order valence-corrected chi connectivity index (χ3v) is 1.55. The van der Waals surface area contributed by atoms with Gasteiger partial charge in [0.1, 0.15) is 18.4 Å². The minimum atomic E-state index is -0.556. The van der Waals surface area contributed by atoms with Gasteiger partial charge >= 0.3 is 5.97 Å². The third kappa shape index (κ3) is 1.82. The van der Waals surface area contributed by atoms with Crippen LogP contribution in [-0.2, 0) is 9.53 Å². The molecule has 68 valence electrons. The molecule has 0 amide bonds. The van der Waals surface area contributed by atoms with Crippen molar-refractivity contribution in [3.63, 3.8) is 0 Å². The van der Waals surface area contributed by atoms with E-state index in [1.165, 1.54) is 18.1 Å². The molecule has 0 radical (unpaired) electrons. The van der Waals surface area contributed by atoms with E-state index in [2.05, 4.69) is 14.8 Å². The quantitative estimate of drug-likeness (QED) is 0.593. The molecule has 1 aromatic heterocycles. The molecule has 0 spiro atoms. The number of nitrogens with zero attached hydrogens (tertiary/aromatic N) is 4. The zero-order valence-corrected chi connectivity index (χ0v) is 7.26. The molecule has 0 aliphatic rings. The highest BCUT2D eigenvalue weighted by Crippen LogP contribution is 2.04. The molecular formula is C7H8N4O2. The summed E-state index contributed by atoms with van der Waals surface area (Å²) in [5.74, 6) is -0.384. The molecular weight excluding hydrogens is 172 g/mol. The highest BCUT2D eigenvalue weighted by Gasteiger charge is 2.16. The van der Waals surface area contributed by atoms with Gasteiger partial charge in [0.2, 0.25) is 0 Å². The van der Waals surface area contributed by atoms with E-state index in [1.54, 1.807) is 13.0 Å². The monoisotopic (exact) mass is 180 g/mol. The van der Waals surface area contributed by atoms with E-state index in [0.29, 0.717) is 0 Å². The van der Waals surface area contributed by atoms with Gasteiger partial charge in [-0.2, -0.15) is 5.26 Å². The molecule has 6 heteroatoms. The van der Waals surface area contributed by atoms with Crippen molar-refractivity contribution in [1.29, 1.82) is 5.26 Å². The van der Waals surface area contributed by atoms with Crippen LogP contribution in [0.1, 0.15) is 18.8 Å². The first-order chi connectivity index (χ1) is 6.19. The van der Waals surface area contributed by atoms with Crippen LogP contribution in [0.2, 0.25) is 0 Å². The molecule has 1 unspecified atom stereocenters. The van der Waals surface area contributed by atoms with E-state index in [9.17, 15) is 4.79 Å². The Labute approximate surface area is 74.8 Å². The number of aromatic nitrogens is 3. The molecule has 0 bridgehead atoms. The van der Waals surface area contributed by atoms with Gasteiger partial charge in [0.25, 0.3) is 5.82 Å². The number of ether oxygens (including phenoxy) is 1. The normalized spacial score (nSPS) is 11.8. The van der Waals surface area contributed by atoms with Crippen LogP contribution in [0.5, 0.6) is 0 Å². The van der Waals surface area contributed by atoms with E-state index < -0.39 is 12.0 Å². The number of esters is 1. The largest absolute Gasteiger partial charge is 0.467 e. The molecule has 1 rings (SSSR count). The maximum atomic E-state index is 11.0. The Kier molecular flexibility index (Phi) is 2.59. The summed E-state index contributed by atoms with van der Waals surface area (Å²) in [7, 11) is 1.29. The molecule has 0 aromatic carbocycles. The van der Waals surface area contributed by atoms with Crippen LogP contribution in [0.4, 0.5) is 0 Å². The first kappa shape index (κ1) is 9.19. The maximum Gasteiger partial charge on any atom is 0.330 e. The Bertz CT molecular complexity index is 352. The van der Waals surface area contributed by atoms with Gasteiger partial charge in [-0.15, -0.1) is 5.10 Å². The van der Waals surface area contributed by atoms with E-state index >= 15 is 0 Å². The van der Waals surface area contributed by atoms with Crippen LogP contribution in [0.25, 0.3) is 0 Å². The molecule has 0 aliphatic carbocycles. The van der Waals surface area contributed by atoms with Crippen LogP contribution in [0, 0.1) is 11.3 Å². The van der Waals surface area contributed by atoms with Crippen LogP contribution < -0.4 is 0 Å². The van der Waals surface area contributed by atoms with Crippen molar-refractivity contribution in [3.8, 4) is 6.07 Å². The predicted molar refractivity (Wildman–Crippen MR) is 41.5 cm³/mol. The number of nitriles is 1. The number of hydrogen-bond acceptors (Lipinski definition) is 5. The third-order valence-electron chi connectivity index (χ3n) is 1.55. The average Bonchev–Trinajstić information content (AvgIpc) is 2.63. The van der Waals surface area contributed by atoms with E-state index in [0.717, 1.165) is 0 Å². The lowest BCUT2D eigenvalue weighted by atomic mass is 10.4. The smallest absolute Gasteiger partial charge is 0.330 e. The second kappa shape index (κ2) is 3.67. The summed E-state index contributed by atoms with van der Waals surface area (Å²) >= 11 is 0. The zero-order chi connectivity index (χ0) is 9.84. The van der Waals surface area contributed by atoms with Gasteiger partial charge in [-0.3, -0.25) is 0 Å². The molecule has 0 saturated heterocycles. The standard InChI is InChI=1S/C7H8N4O2/c1-5(7(12)13-2)11-4-9-6(3-8)10-11/h4-5H,1-2H3. The van der Waals surface area contributed by atoms with Gasteiger partial charge in [0, 0.05) is 0 Å². The van der Waals surface area contributed by atoms with Crippen molar-refractivity contribution in [2.75, 3.05) is 7.11 Å². The topological polar surface area (TPSA) is 80.8 Å². The van der Waals surface area contributed by atoms with E-state index in [-0.39, 0.29) is 5.82 Å². The Hall–Kier alpha value is -1.90. The predicted octanol–water partition coefficient (Wildman–Crippen LogP) is -0.116. The highest BCUT2D eigenvalue weighted by atomic mass is 16.5. The molecule has 0 saturated carbocycles. The van der Waals surface area contributed by atoms with Gasteiger partial charge in [-0.1, -0.05) is 0 Å². The number of rotatable bonds is 2. The zero-order valence-electron chi connectivity index (χ0n) is 7.26. The second-order valence-corrected chi connectivity index (χ2v) is 2.36. The first-order valence-corrected chi connectivity index (χ1v) is 3.58. The van der Waals surface area contributed by atoms with Crippen LogP contribution in [-0.4, -0.2) is 27.8 Å².